The third-order valence-electron chi connectivity index (χ3n) is 4.15. The zero-order valence-electron chi connectivity index (χ0n) is 12.2. The third kappa shape index (κ3) is 2.95. The Balaban J connectivity index is 1.69. The number of thiophene rings is 1. The van der Waals surface area contributed by atoms with Crippen LogP contribution in [-0.2, 0) is 19.4 Å². The van der Waals surface area contributed by atoms with Crippen LogP contribution in [-0.4, -0.2) is 5.91 Å². The Morgan fingerprint density at radius 1 is 1.33 bits per heavy atom. The van der Waals surface area contributed by atoms with Crippen molar-refractivity contribution >= 4 is 22.9 Å². The van der Waals surface area contributed by atoms with Crippen LogP contribution in [0.3, 0.4) is 0 Å². The second-order valence-electron chi connectivity index (χ2n) is 5.58. The summed E-state index contributed by atoms with van der Waals surface area (Å²) in [5.74, 6) is 0.0243. The monoisotopic (exact) mass is 300 g/mol. The first-order chi connectivity index (χ1) is 10.1. The number of benzene rings is 1. The molecule has 0 saturated carbocycles. The molecule has 0 aliphatic heterocycles. The Morgan fingerprint density at radius 3 is 2.95 bits per heavy atom. The van der Waals surface area contributed by atoms with Crippen LogP contribution < -0.4 is 11.1 Å². The molecule has 0 radical (unpaired) electrons. The molecule has 3 rings (SSSR count). The van der Waals surface area contributed by atoms with Crippen molar-refractivity contribution in [2.75, 3.05) is 5.73 Å². The number of carbonyl (C=O) groups excluding carboxylic acids is 1. The van der Waals surface area contributed by atoms with E-state index in [4.69, 9.17) is 5.73 Å². The zero-order chi connectivity index (χ0) is 14.8. The number of amides is 1. The molecule has 3 N–H and O–H groups in total. The van der Waals surface area contributed by atoms with E-state index in [9.17, 15) is 4.79 Å². The number of hydrogen-bond acceptors (Lipinski definition) is 3. The zero-order valence-corrected chi connectivity index (χ0v) is 13.1. The van der Waals surface area contributed by atoms with Crippen LogP contribution in [0.4, 0.5) is 5.69 Å². The summed E-state index contributed by atoms with van der Waals surface area (Å²) < 4.78 is 0. The van der Waals surface area contributed by atoms with Gasteiger partial charge in [-0.05, 0) is 61.4 Å². The lowest BCUT2D eigenvalue weighted by atomic mass is 9.99. The summed E-state index contributed by atoms with van der Waals surface area (Å²) in [6.07, 6.45) is 4.74. The number of nitrogen functional groups attached to an aromatic ring is 1. The molecule has 0 spiro atoms. The van der Waals surface area contributed by atoms with Crippen molar-refractivity contribution in [1.29, 1.82) is 0 Å². The van der Waals surface area contributed by atoms with Crippen molar-refractivity contribution in [3.05, 3.63) is 50.7 Å². The van der Waals surface area contributed by atoms with Gasteiger partial charge in [0.25, 0.3) is 5.91 Å². The van der Waals surface area contributed by atoms with Gasteiger partial charge in [0.1, 0.15) is 0 Å². The average molecular weight is 300 g/mol. The molecule has 1 amide bonds. The molecule has 0 unspecified atom stereocenters. The van der Waals surface area contributed by atoms with E-state index in [2.05, 4.69) is 11.4 Å². The molecule has 1 heterocycles. The van der Waals surface area contributed by atoms with Crippen LogP contribution in [0.1, 0.15) is 44.1 Å². The molecule has 1 aliphatic rings. The van der Waals surface area contributed by atoms with Gasteiger partial charge in [0.05, 0.1) is 4.88 Å². The van der Waals surface area contributed by atoms with Crippen molar-refractivity contribution < 1.29 is 4.79 Å². The maximum Gasteiger partial charge on any atom is 0.261 e. The van der Waals surface area contributed by atoms with E-state index in [-0.39, 0.29) is 5.91 Å². The average Bonchev–Trinajstić information content (AvgIpc) is 2.92. The molecule has 3 nitrogen and oxygen atoms in total. The molecule has 0 fully saturated rings. The summed E-state index contributed by atoms with van der Waals surface area (Å²) in [5.41, 5.74) is 10.2. The van der Waals surface area contributed by atoms with Gasteiger partial charge in [-0.15, -0.1) is 11.3 Å². The molecule has 0 atom stereocenters. The van der Waals surface area contributed by atoms with E-state index >= 15 is 0 Å². The number of anilines is 1. The highest BCUT2D eigenvalue weighted by Crippen LogP contribution is 2.29. The molecular formula is C17H20N2OS. The van der Waals surface area contributed by atoms with Gasteiger partial charge in [0.15, 0.2) is 0 Å². The van der Waals surface area contributed by atoms with Crippen molar-refractivity contribution in [2.45, 2.75) is 39.2 Å². The van der Waals surface area contributed by atoms with Gasteiger partial charge < -0.3 is 11.1 Å². The maximum absolute atomic E-state index is 12.3. The molecule has 1 aromatic heterocycles. The molecular weight excluding hydrogens is 280 g/mol. The predicted molar refractivity (Wildman–Crippen MR) is 87.7 cm³/mol. The van der Waals surface area contributed by atoms with Gasteiger partial charge in [-0.2, -0.15) is 0 Å². The summed E-state index contributed by atoms with van der Waals surface area (Å²) in [6, 6.07) is 7.88. The summed E-state index contributed by atoms with van der Waals surface area (Å²) in [5, 5.41) is 3.01. The van der Waals surface area contributed by atoms with E-state index in [0.29, 0.717) is 6.54 Å². The maximum atomic E-state index is 12.3. The second-order valence-corrected chi connectivity index (χ2v) is 6.72. The Hall–Kier alpha value is -1.81. The highest BCUT2D eigenvalue weighted by molar-refractivity contribution is 7.14. The third-order valence-corrected chi connectivity index (χ3v) is 5.38. The van der Waals surface area contributed by atoms with Crippen molar-refractivity contribution in [1.82, 2.24) is 5.32 Å². The van der Waals surface area contributed by atoms with E-state index in [1.165, 1.54) is 23.3 Å². The smallest absolute Gasteiger partial charge is 0.261 e. The number of fused-ring (bicyclic) bond motifs is 1. The summed E-state index contributed by atoms with van der Waals surface area (Å²) in [7, 11) is 0. The molecule has 1 aromatic carbocycles. The van der Waals surface area contributed by atoms with Crippen molar-refractivity contribution in [3.8, 4) is 0 Å². The Bertz CT molecular complexity index is 652. The molecule has 21 heavy (non-hydrogen) atoms. The first-order valence-corrected chi connectivity index (χ1v) is 8.20. The van der Waals surface area contributed by atoms with Gasteiger partial charge >= 0.3 is 0 Å². The van der Waals surface area contributed by atoms with Crippen LogP contribution in [0.2, 0.25) is 0 Å². The standard InChI is InChI=1S/C17H20N2OS/c1-11-13(6-4-7-14(11)18)10-19-17(20)16-9-12-5-2-3-8-15(12)21-16/h4,6-7,9H,2-3,5,8,10,18H2,1H3,(H,19,20). The van der Waals surface area contributed by atoms with Gasteiger partial charge in [-0.1, -0.05) is 12.1 Å². The second kappa shape index (κ2) is 5.90. The SMILES string of the molecule is Cc1c(N)cccc1CNC(=O)c1cc2c(s1)CCCC2. The fraction of sp³-hybridized carbons (Fsp3) is 0.353. The van der Waals surface area contributed by atoms with E-state index in [1.54, 1.807) is 11.3 Å². The van der Waals surface area contributed by atoms with Crippen molar-refractivity contribution in [3.63, 3.8) is 0 Å². The Labute approximate surface area is 129 Å². The number of nitrogens with two attached hydrogens (primary N) is 1. The molecule has 110 valence electrons. The highest BCUT2D eigenvalue weighted by atomic mass is 32.1. The summed E-state index contributed by atoms with van der Waals surface area (Å²) in [4.78, 5) is 14.5. The van der Waals surface area contributed by atoms with Gasteiger partial charge in [0.2, 0.25) is 0 Å². The quantitative estimate of drug-likeness (QED) is 0.853. The van der Waals surface area contributed by atoms with E-state index in [0.717, 1.165) is 34.5 Å². The topological polar surface area (TPSA) is 55.1 Å². The number of hydrogen-bond donors (Lipinski definition) is 2. The lowest BCUT2D eigenvalue weighted by Crippen LogP contribution is -2.22. The Morgan fingerprint density at radius 2 is 2.14 bits per heavy atom. The summed E-state index contributed by atoms with van der Waals surface area (Å²) >= 11 is 1.65. The number of nitrogens with one attached hydrogen (secondary N) is 1. The normalized spacial score (nSPS) is 13.8. The van der Waals surface area contributed by atoms with Crippen LogP contribution in [0.25, 0.3) is 0 Å². The minimum Gasteiger partial charge on any atom is -0.399 e. The fourth-order valence-electron chi connectivity index (χ4n) is 2.76. The van der Waals surface area contributed by atoms with Gasteiger partial charge in [-0.3, -0.25) is 4.79 Å². The van der Waals surface area contributed by atoms with Crippen LogP contribution in [0, 0.1) is 6.92 Å². The molecule has 0 bridgehead atoms. The van der Waals surface area contributed by atoms with E-state index < -0.39 is 0 Å². The molecule has 4 heteroatoms. The Kier molecular flexibility index (Phi) is 3.97. The van der Waals surface area contributed by atoms with Crippen molar-refractivity contribution in [2.24, 2.45) is 0 Å². The van der Waals surface area contributed by atoms with Gasteiger partial charge in [-0.25, -0.2) is 0 Å². The largest absolute Gasteiger partial charge is 0.399 e. The van der Waals surface area contributed by atoms with E-state index in [1.807, 2.05) is 25.1 Å². The minimum atomic E-state index is 0.0243. The molecule has 2 aromatic rings. The minimum absolute atomic E-state index is 0.0243. The van der Waals surface area contributed by atoms with Crippen LogP contribution >= 0.6 is 11.3 Å². The lowest BCUT2D eigenvalue weighted by Gasteiger charge is -2.09. The van der Waals surface area contributed by atoms with Crippen LogP contribution in [0.5, 0.6) is 0 Å². The predicted octanol–water partition coefficient (Wildman–Crippen LogP) is 3.45. The number of rotatable bonds is 3. The van der Waals surface area contributed by atoms with Crippen LogP contribution in [0.15, 0.2) is 24.3 Å². The fourth-order valence-corrected chi connectivity index (χ4v) is 3.93. The highest BCUT2D eigenvalue weighted by Gasteiger charge is 2.17. The first-order valence-electron chi connectivity index (χ1n) is 7.39. The molecule has 1 aliphatic carbocycles. The van der Waals surface area contributed by atoms with Gasteiger partial charge in [0, 0.05) is 17.1 Å². The first kappa shape index (κ1) is 14.1. The number of aryl methyl sites for hydroxylation is 2. The lowest BCUT2D eigenvalue weighted by molar-refractivity contribution is 0.0955. The molecule has 0 saturated heterocycles. The number of carbonyl (C=O) groups is 1. The summed E-state index contributed by atoms with van der Waals surface area (Å²) in [6.45, 7) is 2.51.